The van der Waals surface area contributed by atoms with E-state index >= 15 is 0 Å². The van der Waals surface area contributed by atoms with Gasteiger partial charge in [-0.05, 0) is 36.6 Å². The molecule has 0 fully saturated rings. The van der Waals surface area contributed by atoms with Gasteiger partial charge in [0.05, 0.1) is 11.4 Å². The predicted molar refractivity (Wildman–Crippen MR) is 69.1 cm³/mol. The first kappa shape index (κ1) is 10.1. The molecule has 0 amide bonds. The van der Waals surface area contributed by atoms with E-state index in [1.165, 1.54) is 5.56 Å². The molecular weight excluding hydrogens is 210 g/mol. The molecule has 2 heteroatoms. The zero-order chi connectivity index (χ0) is 11.7. The summed E-state index contributed by atoms with van der Waals surface area (Å²) in [5.74, 6) is 0.311. The van der Waals surface area contributed by atoms with Gasteiger partial charge in [0, 0.05) is 5.56 Å². The summed E-state index contributed by atoms with van der Waals surface area (Å²) in [5.41, 5.74) is 4.13. The maximum atomic E-state index is 9.83. The third-order valence-electron chi connectivity index (χ3n) is 3.09. The molecule has 0 spiro atoms. The summed E-state index contributed by atoms with van der Waals surface area (Å²) in [6.45, 7) is 0. The number of hydrogen-bond acceptors (Lipinski definition) is 2. The molecule has 1 N–H and O–H groups in total. The van der Waals surface area contributed by atoms with Crippen LogP contribution in [0.5, 0.6) is 5.75 Å². The van der Waals surface area contributed by atoms with Crippen molar-refractivity contribution < 1.29 is 5.11 Å². The number of phenolic OH excluding ortho intramolecular Hbond substituents is 1. The van der Waals surface area contributed by atoms with Crippen molar-refractivity contribution in [2.24, 2.45) is 4.99 Å². The van der Waals surface area contributed by atoms with Crippen molar-refractivity contribution >= 4 is 11.4 Å². The van der Waals surface area contributed by atoms with Crippen LogP contribution >= 0.6 is 0 Å². The zero-order valence-corrected chi connectivity index (χ0v) is 9.43. The summed E-state index contributed by atoms with van der Waals surface area (Å²) in [5, 5.41) is 9.83. The first-order chi connectivity index (χ1) is 8.34. The molecule has 1 heterocycles. The van der Waals surface area contributed by atoms with E-state index < -0.39 is 0 Å². The maximum Gasteiger partial charge on any atom is 0.124 e. The molecule has 0 saturated carbocycles. The lowest BCUT2D eigenvalue weighted by Gasteiger charge is -2.16. The topological polar surface area (TPSA) is 32.6 Å². The Bertz CT molecular complexity index is 587. The average Bonchev–Trinajstić information content (AvgIpc) is 2.39. The number of nitrogens with zero attached hydrogens (tertiary/aromatic N) is 1. The summed E-state index contributed by atoms with van der Waals surface area (Å²) < 4.78 is 0. The molecular formula is C15H13NO. The number of benzene rings is 2. The van der Waals surface area contributed by atoms with Crippen molar-refractivity contribution in [3.05, 3.63) is 59.7 Å². The van der Waals surface area contributed by atoms with Gasteiger partial charge in [-0.15, -0.1) is 0 Å². The summed E-state index contributed by atoms with van der Waals surface area (Å²) in [7, 11) is 0. The minimum absolute atomic E-state index is 0.311. The van der Waals surface area contributed by atoms with Gasteiger partial charge < -0.3 is 5.11 Å². The normalized spacial score (nSPS) is 14.0. The highest BCUT2D eigenvalue weighted by molar-refractivity contribution is 6.05. The molecule has 84 valence electrons. The molecule has 0 atom stereocenters. The van der Waals surface area contributed by atoms with Crippen LogP contribution < -0.4 is 0 Å². The largest absolute Gasteiger partial charge is 0.507 e. The fraction of sp³-hybridized carbons (Fsp3) is 0.133. The first-order valence-corrected chi connectivity index (χ1v) is 5.78. The van der Waals surface area contributed by atoms with E-state index in [1.807, 2.05) is 36.4 Å². The highest BCUT2D eigenvalue weighted by Gasteiger charge is 2.14. The molecule has 0 aromatic heterocycles. The van der Waals surface area contributed by atoms with Gasteiger partial charge in [0.1, 0.15) is 5.75 Å². The summed E-state index contributed by atoms with van der Waals surface area (Å²) in [6, 6.07) is 15.6. The predicted octanol–water partition coefficient (Wildman–Crippen LogP) is 3.46. The van der Waals surface area contributed by atoms with Crippen LogP contribution in [0.15, 0.2) is 53.5 Å². The van der Waals surface area contributed by atoms with Crippen LogP contribution in [0.25, 0.3) is 0 Å². The zero-order valence-electron chi connectivity index (χ0n) is 9.43. The van der Waals surface area contributed by atoms with E-state index in [-0.39, 0.29) is 0 Å². The van der Waals surface area contributed by atoms with Gasteiger partial charge in [0.15, 0.2) is 0 Å². The van der Waals surface area contributed by atoms with Crippen molar-refractivity contribution in [3.8, 4) is 5.75 Å². The number of hydrogen-bond donors (Lipinski definition) is 1. The Labute approximate surface area is 100 Å². The van der Waals surface area contributed by atoms with Crippen LogP contribution in [-0.2, 0) is 6.42 Å². The molecule has 0 saturated heterocycles. The molecule has 1 aliphatic heterocycles. The number of aryl methyl sites for hydroxylation is 1. The first-order valence-electron chi connectivity index (χ1n) is 5.78. The molecule has 2 nitrogen and oxygen atoms in total. The van der Waals surface area contributed by atoms with Gasteiger partial charge in [-0.3, -0.25) is 4.99 Å². The number of phenols is 1. The van der Waals surface area contributed by atoms with Gasteiger partial charge >= 0.3 is 0 Å². The van der Waals surface area contributed by atoms with Gasteiger partial charge in [-0.2, -0.15) is 0 Å². The molecule has 0 unspecified atom stereocenters. The quantitative estimate of drug-likeness (QED) is 0.789. The fourth-order valence-corrected chi connectivity index (χ4v) is 2.20. The van der Waals surface area contributed by atoms with Crippen LogP contribution in [-0.4, -0.2) is 10.8 Å². The monoisotopic (exact) mass is 223 g/mol. The van der Waals surface area contributed by atoms with Crippen molar-refractivity contribution in [1.82, 2.24) is 0 Å². The molecule has 2 aromatic rings. The molecule has 2 aromatic carbocycles. The van der Waals surface area contributed by atoms with Crippen LogP contribution in [0.3, 0.4) is 0 Å². The van der Waals surface area contributed by atoms with E-state index in [0.29, 0.717) is 5.75 Å². The molecule has 0 aliphatic carbocycles. The lowest BCUT2D eigenvalue weighted by molar-refractivity contribution is 0.474. The second kappa shape index (κ2) is 4.06. The number of aliphatic imine (C=N–C) groups is 1. The molecule has 17 heavy (non-hydrogen) atoms. The molecule has 0 radical (unpaired) electrons. The van der Waals surface area contributed by atoms with Crippen molar-refractivity contribution in [2.75, 3.05) is 0 Å². The summed E-state index contributed by atoms with van der Waals surface area (Å²) in [4.78, 5) is 4.63. The van der Waals surface area contributed by atoms with Crippen LogP contribution in [0, 0.1) is 0 Å². The van der Waals surface area contributed by atoms with E-state index in [2.05, 4.69) is 11.1 Å². The Morgan fingerprint density at radius 1 is 0.882 bits per heavy atom. The van der Waals surface area contributed by atoms with Gasteiger partial charge in [0.25, 0.3) is 0 Å². The lowest BCUT2D eigenvalue weighted by Crippen LogP contribution is -2.07. The van der Waals surface area contributed by atoms with Gasteiger partial charge in [-0.25, -0.2) is 0 Å². The highest BCUT2D eigenvalue weighted by Crippen LogP contribution is 2.29. The standard InChI is InChI=1S/C15H13NO/c17-15-8-4-2-6-12(15)14-10-9-11-5-1-3-7-13(11)16-14/h1-8,17H,9-10H2. The number of para-hydroxylation sites is 2. The van der Waals surface area contributed by atoms with Crippen molar-refractivity contribution in [1.29, 1.82) is 0 Å². The summed E-state index contributed by atoms with van der Waals surface area (Å²) >= 11 is 0. The number of fused-ring (bicyclic) bond motifs is 1. The van der Waals surface area contributed by atoms with Gasteiger partial charge in [0.2, 0.25) is 0 Å². The third kappa shape index (κ3) is 1.82. The lowest BCUT2D eigenvalue weighted by atomic mass is 9.97. The van der Waals surface area contributed by atoms with Crippen LogP contribution in [0.1, 0.15) is 17.5 Å². The van der Waals surface area contributed by atoms with E-state index in [4.69, 9.17) is 0 Å². The van der Waals surface area contributed by atoms with Crippen molar-refractivity contribution in [2.45, 2.75) is 12.8 Å². The van der Waals surface area contributed by atoms with E-state index in [9.17, 15) is 5.11 Å². The molecule has 3 rings (SSSR count). The number of aromatic hydroxyl groups is 1. The fourth-order valence-electron chi connectivity index (χ4n) is 2.20. The van der Waals surface area contributed by atoms with Gasteiger partial charge in [-0.1, -0.05) is 30.3 Å². The second-order valence-electron chi connectivity index (χ2n) is 4.20. The van der Waals surface area contributed by atoms with Crippen LogP contribution in [0.2, 0.25) is 0 Å². The second-order valence-corrected chi connectivity index (χ2v) is 4.20. The number of rotatable bonds is 1. The molecule has 0 bridgehead atoms. The minimum Gasteiger partial charge on any atom is -0.507 e. The Morgan fingerprint density at radius 2 is 1.65 bits per heavy atom. The SMILES string of the molecule is Oc1ccccc1C1=Nc2ccccc2CC1. The average molecular weight is 223 g/mol. The van der Waals surface area contributed by atoms with Crippen LogP contribution in [0.4, 0.5) is 5.69 Å². The van der Waals surface area contributed by atoms with Crippen molar-refractivity contribution in [3.63, 3.8) is 0 Å². The Hall–Kier alpha value is -2.09. The third-order valence-corrected chi connectivity index (χ3v) is 3.09. The molecule has 1 aliphatic rings. The summed E-state index contributed by atoms with van der Waals surface area (Å²) in [6.07, 6.45) is 1.87. The Kier molecular flexibility index (Phi) is 2.41. The maximum absolute atomic E-state index is 9.83. The van der Waals surface area contributed by atoms with E-state index in [1.54, 1.807) is 6.07 Å². The van der Waals surface area contributed by atoms with E-state index in [0.717, 1.165) is 29.8 Å². The smallest absolute Gasteiger partial charge is 0.124 e. The Morgan fingerprint density at radius 3 is 2.53 bits per heavy atom. The Balaban J connectivity index is 2.08. The highest BCUT2D eigenvalue weighted by atomic mass is 16.3. The minimum atomic E-state index is 0.311.